The van der Waals surface area contributed by atoms with Gasteiger partial charge in [0.1, 0.15) is 0 Å². The van der Waals surface area contributed by atoms with Crippen LogP contribution < -0.4 is 10.6 Å². The first-order valence-corrected chi connectivity index (χ1v) is 5.89. The maximum Gasteiger partial charge on any atom is 0.225 e. The van der Waals surface area contributed by atoms with Gasteiger partial charge in [-0.15, -0.1) is 0 Å². The number of hydrogen-bond donors (Lipinski definition) is 1. The van der Waals surface area contributed by atoms with Gasteiger partial charge in [-0.2, -0.15) is 0 Å². The Balaban J connectivity index is 1.74. The van der Waals surface area contributed by atoms with Crippen LogP contribution in [-0.2, 0) is 0 Å². The van der Waals surface area contributed by atoms with Crippen molar-refractivity contribution in [1.82, 2.24) is 14.9 Å². The summed E-state index contributed by atoms with van der Waals surface area (Å²) in [6.45, 7) is 4.49. The van der Waals surface area contributed by atoms with Crippen molar-refractivity contribution in [3.05, 3.63) is 12.4 Å². The van der Waals surface area contributed by atoms with Crippen LogP contribution in [0.1, 0.15) is 12.8 Å². The number of hydrogen-bond acceptors (Lipinski definition) is 5. The third-order valence-corrected chi connectivity index (χ3v) is 3.53. The Bertz CT molecular complexity index is 363. The van der Waals surface area contributed by atoms with Gasteiger partial charge in [0.15, 0.2) is 0 Å². The summed E-state index contributed by atoms with van der Waals surface area (Å²) >= 11 is 0. The zero-order valence-corrected chi connectivity index (χ0v) is 9.34. The van der Waals surface area contributed by atoms with Crippen molar-refractivity contribution in [2.45, 2.75) is 18.9 Å². The molecule has 3 heterocycles. The summed E-state index contributed by atoms with van der Waals surface area (Å²) in [6.07, 6.45) is 6.01. The molecule has 5 heteroatoms. The summed E-state index contributed by atoms with van der Waals surface area (Å²) in [5, 5.41) is 0. The molecule has 5 nitrogen and oxygen atoms in total. The average Bonchev–Trinajstić information content (AvgIpc) is 2.77. The van der Waals surface area contributed by atoms with Crippen molar-refractivity contribution < 1.29 is 0 Å². The fourth-order valence-electron chi connectivity index (χ4n) is 2.67. The van der Waals surface area contributed by atoms with E-state index in [1.54, 1.807) is 12.4 Å². The quantitative estimate of drug-likeness (QED) is 0.738. The van der Waals surface area contributed by atoms with E-state index in [1.807, 2.05) is 0 Å². The highest BCUT2D eigenvalue weighted by Crippen LogP contribution is 2.23. The largest absolute Gasteiger partial charge is 0.396 e. The van der Waals surface area contributed by atoms with Gasteiger partial charge in [-0.1, -0.05) is 0 Å². The molecular weight excluding hydrogens is 202 g/mol. The molecule has 0 aromatic carbocycles. The van der Waals surface area contributed by atoms with E-state index in [9.17, 15) is 0 Å². The molecule has 0 radical (unpaired) electrons. The molecule has 1 aromatic rings. The molecule has 86 valence electrons. The number of aromatic nitrogens is 2. The molecule has 2 saturated heterocycles. The molecule has 0 saturated carbocycles. The SMILES string of the molecule is Nc1cnc(N2CCN3CCCC3C2)nc1. The molecule has 1 atom stereocenters. The maximum atomic E-state index is 5.59. The molecule has 2 N–H and O–H groups in total. The maximum absolute atomic E-state index is 5.59. The average molecular weight is 219 g/mol. The standard InChI is InChI=1S/C11H17N5/c12-9-6-13-11(14-7-9)16-5-4-15-3-1-2-10(15)8-16/h6-7,10H,1-5,8,12H2. The van der Waals surface area contributed by atoms with Crippen LogP contribution >= 0.6 is 0 Å². The summed E-state index contributed by atoms with van der Waals surface area (Å²) in [5.41, 5.74) is 6.22. The van der Waals surface area contributed by atoms with Crippen molar-refractivity contribution in [1.29, 1.82) is 0 Å². The third-order valence-electron chi connectivity index (χ3n) is 3.53. The normalized spacial score (nSPS) is 25.8. The summed E-state index contributed by atoms with van der Waals surface area (Å²) < 4.78 is 0. The van der Waals surface area contributed by atoms with E-state index in [0.717, 1.165) is 25.6 Å². The fraction of sp³-hybridized carbons (Fsp3) is 0.636. The molecule has 0 amide bonds. The number of nitrogens with two attached hydrogens (primary N) is 1. The highest BCUT2D eigenvalue weighted by atomic mass is 15.3. The van der Waals surface area contributed by atoms with Crippen molar-refractivity contribution in [2.75, 3.05) is 36.8 Å². The molecular formula is C11H17N5. The molecule has 1 unspecified atom stereocenters. The molecule has 2 aliphatic rings. The second-order valence-corrected chi connectivity index (χ2v) is 4.59. The van der Waals surface area contributed by atoms with Gasteiger partial charge in [0.2, 0.25) is 5.95 Å². The Morgan fingerprint density at radius 1 is 1.19 bits per heavy atom. The minimum Gasteiger partial charge on any atom is -0.396 e. The van der Waals surface area contributed by atoms with E-state index < -0.39 is 0 Å². The van der Waals surface area contributed by atoms with Crippen LogP contribution in [0.2, 0.25) is 0 Å². The molecule has 16 heavy (non-hydrogen) atoms. The lowest BCUT2D eigenvalue weighted by Gasteiger charge is -2.37. The monoisotopic (exact) mass is 219 g/mol. The molecule has 3 rings (SSSR count). The van der Waals surface area contributed by atoms with E-state index in [-0.39, 0.29) is 0 Å². The molecule has 2 aliphatic heterocycles. The Morgan fingerprint density at radius 3 is 2.81 bits per heavy atom. The molecule has 1 aromatic heterocycles. The van der Waals surface area contributed by atoms with Gasteiger partial charge < -0.3 is 10.6 Å². The highest BCUT2D eigenvalue weighted by Gasteiger charge is 2.31. The molecule has 0 bridgehead atoms. The first kappa shape index (κ1) is 9.84. The van der Waals surface area contributed by atoms with Gasteiger partial charge in [-0.25, -0.2) is 9.97 Å². The first-order chi connectivity index (χ1) is 7.83. The Morgan fingerprint density at radius 2 is 2.00 bits per heavy atom. The van der Waals surface area contributed by atoms with Crippen molar-refractivity contribution in [3.63, 3.8) is 0 Å². The van der Waals surface area contributed by atoms with Crippen molar-refractivity contribution in [2.24, 2.45) is 0 Å². The fourth-order valence-corrected chi connectivity index (χ4v) is 2.67. The van der Waals surface area contributed by atoms with E-state index in [4.69, 9.17) is 5.73 Å². The minimum atomic E-state index is 0.628. The Kier molecular flexibility index (Phi) is 2.40. The lowest BCUT2D eigenvalue weighted by Crippen LogP contribution is -2.50. The van der Waals surface area contributed by atoms with E-state index >= 15 is 0 Å². The van der Waals surface area contributed by atoms with Gasteiger partial charge in [-0.3, -0.25) is 4.90 Å². The van der Waals surface area contributed by atoms with Gasteiger partial charge >= 0.3 is 0 Å². The number of nitrogens with zero attached hydrogens (tertiary/aromatic N) is 4. The summed E-state index contributed by atoms with van der Waals surface area (Å²) in [4.78, 5) is 13.4. The minimum absolute atomic E-state index is 0.628. The van der Waals surface area contributed by atoms with E-state index in [1.165, 1.54) is 19.4 Å². The number of rotatable bonds is 1. The summed E-state index contributed by atoms with van der Waals surface area (Å²) in [5.74, 6) is 0.820. The molecule has 2 fully saturated rings. The van der Waals surface area contributed by atoms with Crippen LogP contribution in [0.4, 0.5) is 11.6 Å². The predicted molar refractivity (Wildman–Crippen MR) is 63.3 cm³/mol. The van der Waals surface area contributed by atoms with Crippen LogP contribution in [-0.4, -0.2) is 47.1 Å². The van der Waals surface area contributed by atoms with Crippen LogP contribution in [0.3, 0.4) is 0 Å². The number of fused-ring (bicyclic) bond motifs is 1. The zero-order valence-electron chi connectivity index (χ0n) is 9.34. The predicted octanol–water partition coefficient (Wildman–Crippen LogP) is 0.343. The second kappa shape index (κ2) is 3.90. The van der Waals surface area contributed by atoms with Crippen molar-refractivity contribution in [3.8, 4) is 0 Å². The van der Waals surface area contributed by atoms with Crippen LogP contribution in [0.5, 0.6) is 0 Å². The molecule has 0 aliphatic carbocycles. The first-order valence-electron chi connectivity index (χ1n) is 5.89. The van der Waals surface area contributed by atoms with Crippen molar-refractivity contribution >= 4 is 11.6 Å². The lowest BCUT2D eigenvalue weighted by atomic mass is 10.2. The number of anilines is 2. The second-order valence-electron chi connectivity index (χ2n) is 4.59. The Labute approximate surface area is 95.3 Å². The Hall–Kier alpha value is -1.36. The third kappa shape index (κ3) is 1.71. The number of nitrogen functional groups attached to an aromatic ring is 1. The van der Waals surface area contributed by atoms with Gasteiger partial charge in [-0.05, 0) is 19.4 Å². The highest BCUT2D eigenvalue weighted by molar-refractivity contribution is 5.38. The number of piperazine rings is 1. The van der Waals surface area contributed by atoms with Gasteiger partial charge in [0, 0.05) is 25.7 Å². The summed E-state index contributed by atoms with van der Waals surface area (Å²) in [7, 11) is 0. The van der Waals surface area contributed by atoms with E-state index in [0.29, 0.717) is 11.7 Å². The van der Waals surface area contributed by atoms with Gasteiger partial charge in [0.25, 0.3) is 0 Å². The lowest BCUT2D eigenvalue weighted by molar-refractivity contribution is 0.229. The summed E-state index contributed by atoms with van der Waals surface area (Å²) in [6, 6.07) is 0.704. The zero-order chi connectivity index (χ0) is 11.0. The van der Waals surface area contributed by atoms with E-state index in [2.05, 4.69) is 19.8 Å². The van der Waals surface area contributed by atoms with Gasteiger partial charge in [0.05, 0.1) is 18.1 Å². The molecule has 0 spiro atoms. The van der Waals surface area contributed by atoms with Crippen LogP contribution in [0.25, 0.3) is 0 Å². The topological polar surface area (TPSA) is 58.3 Å². The smallest absolute Gasteiger partial charge is 0.225 e. The van der Waals surface area contributed by atoms with Crippen LogP contribution in [0, 0.1) is 0 Å². The van der Waals surface area contributed by atoms with Crippen LogP contribution in [0.15, 0.2) is 12.4 Å².